The first kappa shape index (κ1) is 13.7. The summed E-state index contributed by atoms with van der Waals surface area (Å²) in [5.74, 6) is 2.25. The van der Waals surface area contributed by atoms with Gasteiger partial charge in [-0.3, -0.25) is 4.40 Å². The van der Waals surface area contributed by atoms with Crippen molar-refractivity contribution in [1.82, 2.24) is 30.0 Å². The van der Waals surface area contributed by atoms with Gasteiger partial charge < -0.3 is 10.2 Å². The summed E-state index contributed by atoms with van der Waals surface area (Å²) >= 11 is 0. The van der Waals surface area contributed by atoms with Crippen molar-refractivity contribution in [2.75, 3.05) is 0 Å². The Morgan fingerprint density at radius 3 is 3.00 bits per heavy atom. The quantitative estimate of drug-likeness (QED) is 0.644. The number of rotatable bonds is 3. The van der Waals surface area contributed by atoms with Crippen LogP contribution in [0.2, 0.25) is 0 Å². The second kappa shape index (κ2) is 5.03. The highest BCUT2D eigenvalue weighted by molar-refractivity contribution is 5.74. The fraction of sp³-hybridized carbons (Fsp3) is 0.533. The van der Waals surface area contributed by atoms with Gasteiger partial charge in [0.05, 0.1) is 11.7 Å². The van der Waals surface area contributed by atoms with Crippen LogP contribution in [-0.4, -0.2) is 35.8 Å². The summed E-state index contributed by atoms with van der Waals surface area (Å²) < 4.78 is 2.10. The molecule has 0 amide bonds. The maximum atomic E-state index is 9.33. The molecule has 1 aliphatic carbocycles. The van der Waals surface area contributed by atoms with Gasteiger partial charge in [0, 0.05) is 18.2 Å². The summed E-state index contributed by atoms with van der Waals surface area (Å²) in [5, 5.41) is 18.1. The molecule has 1 aliphatic rings. The zero-order valence-corrected chi connectivity index (χ0v) is 12.7. The Morgan fingerprint density at radius 2 is 2.23 bits per heavy atom. The Bertz CT molecular complexity index is 807. The third kappa shape index (κ3) is 1.93. The molecule has 3 aromatic heterocycles. The van der Waals surface area contributed by atoms with Crippen LogP contribution in [0, 0.1) is 11.8 Å². The molecule has 1 saturated carbocycles. The number of H-pyrrole nitrogens is 1. The number of fused-ring (bicyclic) bond motifs is 3. The molecule has 3 aromatic rings. The lowest BCUT2D eigenvalue weighted by molar-refractivity contribution is 0.125. The van der Waals surface area contributed by atoms with Crippen LogP contribution >= 0.6 is 0 Å². The molecule has 0 radical (unpaired) electrons. The highest BCUT2D eigenvalue weighted by atomic mass is 16.5. The molecule has 4 rings (SSSR count). The molecule has 7 nitrogen and oxygen atoms in total. The van der Waals surface area contributed by atoms with Gasteiger partial charge in [-0.1, -0.05) is 13.8 Å². The van der Waals surface area contributed by atoms with E-state index < -0.39 is 0 Å². The van der Waals surface area contributed by atoms with Crippen molar-refractivity contribution in [1.29, 1.82) is 0 Å². The summed E-state index contributed by atoms with van der Waals surface area (Å²) in [5.41, 5.74) is 5.05. The Labute approximate surface area is 127 Å². The van der Waals surface area contributed by atoms with Gasteiger partial charge >= 0.3 is 0 Å². The number of nitrogens with zero attached hydrogens (tertiary/aromatic N) is 4. The van der Waals surface area contributed by atoms with E-state index in [1.54, 1.807) is 6.20 Å². The Kier molecular flexibility index (Phi) is 3.12. The van der Waals surface area contributed by atoms with Gasteiger partial charge in [0.1, 0.15) is 5.82 Å². The third-order valence-electron chi connectivity index (χ3n) is 4.95. The van der Waals surface area contributed by atoms with Gasteiger partial charge in [-0.2, -0.15) is 0 Å². The Morgan fingerprint density at radius 1 is 1.36 bits per heavy atom. The highest BCUT2D eigenvalue weighted by Gasteiger charge is 2.39. The summed E-state index contributed by atoms with van der Waals surface area (Å²) in [6.45, 7) is 4.46. The van der Waals surface area contributed by atoms with Crippen LogP contribution < -0.4 is 5.48 Å². The van der Waals surface area contributed by atoms with Crippen molar-refractivity contribution >= 4 is 16.8 Å². The second-order valence-corrected chi connectivity index (χ2v) is 6.53. The predicted octanol–water partition coefficient (Wildman–Crippen LogP) is 2.10. The minimum Gasteiger partial charge on any atom is -0.345 e. The van der Waals surface area contributed by atoms with Crippen LogP contribution in [0.25, 0.3) is 16.8 Å². The largest absolute Gasteiger partial charge is 0.345 e. The molecular formula is C15H20N6O. The highest BCUT2D eigenvalue weighted by Crippen LogP contribution is 2.43. The number of aromatic amines is 1. The topological polar surface area (TPSA) is 91.1 Å². The molecule has 7 heteroatoms. The predicted molar refractivity (Wildman–Crippen MR) is 81.7 cm³/mol. The molecule has 0 aliphatic heterocycles. The van der Waals surface area contributed by atoms with Crippen molar-refractivity contribution in [2.24, 2.45) is 11.8 Å². The van der Waals surface area contributed by atoms with Crippen LogP contribution in [0.5, 0.6) is 0 Å². The van der Waals surface area contributed by atoms with Crippen molar-refractivity contribution < 1.29 is 5.21 Å². The molecule has 3 N–H and O–H groups in total. The molecule has 22 heavy (non-hydrogen) atoms. The Hall–Kier alpha value is -1.99. The van der Waals surface area contributed by atoms with Crippen molar-refractivity contribution in [3.63, 3.8) is 0 Å². The molecule has 1 fully saturated rings. The van der Waals surface area contributed by atoms with E-state index in [1.165, 1.54) is 0 Å². The van der Waals surface area contributed by atoms with Crippen molar-refractivity contribution in [3.05, 3.63) is 24.3 Å². The molecule has 116 valence electrons. The lowest BCUT2D eigenvalue weighted by atomic mass is 9.85. The number of hydrogen-bond donors (Lipinski definition) is 3. The van der Waals surface area contributed by atoms with Gasteiger partial charge in [0.25, 0.3) is 0 Å². The normalized spacial score (nSPS) is 25.7. The fourth-order valence-electron chi connectivity index (χ4n) is 3.85. The van der Waals surface area contributed by atoms with Gasteiger partial charge in [-0.05, 0) is 30.7 Å². The van der Waals surface area contributed by atoms with Gasteiger partial charge in [0.15, 0.2) is 11.3 Å². The van der Waals surface area contributed by atoms with Crippen LogP contribution in [0.15, 0.2) is 18.5 Å². The standard InChI is InChI=1S/C15H20N6O/c1-8(2)10-5-9(20-22)6-11(10)15-19-18-13-7-17-14-12(21(13)15)3-4-16-14/h3-4,7-11,16,20,22H,5-6H2,1-2H3/t9-,10-,11+/m0/s1. The summed E-state index contributed by atoms with van der Waals surface area (Å²) in [4.78, 5) is 7.50. The van der Waals surface area contributed by atoms with Crippen molar-refractivity contribution in [3.8, 4) is 0 Å². The van der Waals surface area contributed by atoms with Gasteiger partial charge in [-0.25, -0.2) is 10.5 Å². The van der Waals surface area contributed by atoms with Gasteiger partial charge in [-0.15, -0.1) is 10.2 Å². The molecular weight excluding hydrogens is 280 g/mol. The minimum atomic E-state index is 0.119. The number of nitrogens with one attached hydrogen (secondary N) is 2. The first-order chi connectivity index (χ1) is 10.7. The molecule has 0 saturated heterocycles. The van der Waals surface area contributed by atoms with E-state index in [0.29, 0.717) is 11.8 Å². The average molecular weight is 300 g/mol. The summed E-state index contributed by atoms with van der Waals surface area (Å²) in [6, 6.07) is 2.12. The maximum absolute atomic E-state index is 9.33. The van der Waals surface area contributed by atoms with E-state index in [1.807, 2.05) is 12.3 Å². The third-order valence-corrected chi connectivity index (χ3v) is 4.95. The molecule has 3 atom stereocenters. The molecule has 0 bridgehead atoms. The zero-order valence-electron chi connectivity index (χ0n) is 12.7. The van der Waals surface area contributed by atoms with E-state index in [0.717, 1.165) is 35.5 Å². The monoisotopic (exact) mass is 300 g/mol. The van der Waals surface area contributed by atoms with Crippen LogP contribution in [0.1, 0.15) is 38.4 Å². The van der Waals surface area contributed by atoms with Crippen LogP contribution in [0.4, 0.5) is 0 Å². The lowest BCUT2D eigenvalue weighted by Crippen LogP contribution is -2.22. The van der Waals surface area contributed by atoms with E-state index in [4.69, 9.17) is 0 Å². The number of aromatic nitrogens is 5. The fourth-order valence-corrected chi connectivity index (χ4v) is 3.85. The molecule has 3 heterocycles. The van der Waals surface area contributed by atoms with E-state index in [9.17, 15) is 5.21 Å². The Balaban J connectivity index is 1.87. The first-order valence-corrected chi connectivity index (χ1v) is 7.75. The smallest absolute Gasteiger partial charge is 0.179 e. The van der Waals surface area contributed by atoms with Crippen molar-refractivity contribution in [2.45, 2.75) is 38.6 Å². The maximum Gasteiger partial charge on any atom is 0.179 e. The van der Waals surface area contributed by atoms with E-state index in [-0.39, 0.29) is 12.0 Å². The zero-order chi connectivity index (χ0) is 15.3. The number of hydrogen-bond acceptors (Lipinski definition) is 5. The lowest BCUT2D eigenvalue weighted by Gasteiger charge is -2.21. The van der Waals surface area contributed by atoms with E-state index >= 15 is 0 Å². The van der Waals surface area contributed by atoms with Crippen LogP contribution in [0.3, 0.4) is 0 Å². The van der Waals surface area contributed by atoms with E-state index in [2.05, 4.69) is 43.9 Å². The van der Waals surface area contributed by atoms with Crippen LogP contribution in [-0.2, 0) is 0 Å². The first-order valence-electron chi connectivity index (χ1n) is 7.75. The summed E-state index contributed by atoms with van der Waals surface area (Å²) in [7, 11) is 0. The summed E-state index contributed by atoms with van der Waals surface area (Å²) in [6.07, 6.45) is 5.45. The molecule has 0 aromatic carbocycles. The molecule has 0 spiro atoms. The SMILES string of the molecule is CC(C)[C@@H]1C[C@H](NO)C[C@H]1c1nnc2cnc3[nH]ccc3n12. The molecule has 0 unspecified atom stereocenters. The number of hydroxylamine groups is 1. The average Bonchev–Trinajstić information content (AvgIpc) is 3.22. The minimum absolute atomic E-state index is 0.119. The second-order valence-electron chi connectivity index (χ2n) is 6.53. The van der Waals surface area contributed by atoms with Gasteiger partial charge in [0.2, 0.25) is 0 Å².